The number of guanidine groups is 1. The van der Waals surface area contributed by atoms with E-state index in [2.05, 4.69) is 20.5 Å². The van der Waals surface area contributed by atoms with E-state index in [0.29, 0.717) is 12.1 Å². The third-order valence-corrected chi connectivity index (χ3v) is 4.70. The summed E-state index contributed by atoms with van der Waals surface area (Å²) in [6.45, 7) is 5.22. The van der Waals surface area contributed by atoms with Crippen LogP contribution in [0.4, 0.5) is 0 Å². The van der Waals surface area contributed by atoms with Crippen molar-refractivity contribution in [1.29, 1.82) is 0 Å². The largest absolute Gasteiger partial charge is 0.465 e. The third-order valence-electron chi connectivity index (χ3n) is 4.70. The molecule has 26 heavy (non-hydrogen) atoms. The highest BCUT2D eigenvalue weighted by molar-refractivity contribution is 5.89. The zero-order valence-corrected chi connectivity index (χ0v) is 16.1. The third kappa shape index (κ3) is 7.04. The lowest BCUT2D eigenvalue weighted by molar-refractivity contribution is 0.0600. The molecule has 1 fully saturated rings. The van der Waals surface area contributed by atoms with Gasteiger partial charge in [0.15, 0.2) is 5.96 Å². The van der Waals surface area contributed by atoms with Crippen molar-refractivity contribution in [3.8, 4) is 0 Å². The zero-order chi connectivity index (χ0) is 18.6. The van der Waals surface area contributed by atoms with Crippen molar-refractivity contribution in [2.45, 2.75) is 38.6 Å². The Labute approximate surface area is 157 Å². The molecule has 0 unspecified atom stereocenters. The SMILES string of the molecule is CN=C(NCCCN1CCCCCC1)NCc1ccc(C(=O)OC)cc1. The minimum atomic E-state index is -0.314. The molecule has 6 heteroatoms. The van der Waals surface area contributed by atoms with Gasteiger partial charge in [-0.05, 0) is 56.6 Å². The number of methoxy groups -OCH3 is 1. The van der Waals surface area contributed by atoms with E-state index >= 15 is 0 Å². The molecule has 2 N–H and O–H groups in total. The molecule has 1 aromatic carbocycles. The number of nitrogens with one attached hydrogen (secondary N) is 2. The van der Waals surface area contributed by atoms with Gasteiger partial charge in [0.25, 0.3) is 0 Å². The monoisotopic (exact) mass is 360 g/mol. The lowest BCUT2D eigenvalue weighted by Gasteiger charge is -2.20. The molecule has 1 aromatic rings. The van der Waals surface area contributed by atoms with Gasteiger partial charge in [-0.2, -0.15) is 0 Å². The van der Waals surface area contributed by atoms with E-state index in [0.717, 1.165) is 31.0 Å². The van der Waals surface area contributed by atoms with Gasteiger partial charge in [0, 0.05) is 20.1 Å². The fourth-order valence-electron chi connectivity index (χ4n) is 3.15. The highest BCUT2D eigenvalue weighted by atomic mass is 16.5. The number of nitrogens with zero attached hydrogens (tertiary/aromatic N) is 2. The lowest BCUT2D eigenvalue weighted by Crippen LogP contribution is -2.38. The van der Waals surface area contributed by atoms with Crippen LogP contribution in [0.15, 0.2) is 29.3 Å². The van der Waals surface area contributed by atoms with Gasteiger partial charge in [-0.15, -0.1) is 0 Å². The smallest absolute Gasteiger partial charge is 0.337 e. The van der Waals surface area contributed by atoms with Crippen molar-refractivity contribution in [1.82, 2.24) is 15.5 Å². The average molecular weight is 361 g/mol. The van der Waals surface area contributed by atoms with Gasteiger partial charge < -0.3 is 20.3 Å². The summed E-state index contributed by atoms with van der Waals surface area (Å²) in [5.41, 5.74) is 1.65. The number of aliphatic imine (C=N–C) groups is 1. The van der Waals surface area contributed by atoms with E-state index in [9.17, 15) is 4.79 Å². The summed E-state index contributed by atoms with van der Waals surface area (Å²) in [5.74, 6) is 0.490. The van der Waals surface area contributed by atoms with Crippen molar-refractivity contribution >= 4 is 11.9 Å². The predicted octanol–water partition coefficient (Wildman–Crippen LogP) is 2.40. The number of ether oxygens (including phenoxy) is 1. The number of likely N-dealkylation sites (tertiary alicyclic amines) is 1. The Kier molecular flexibility index (Phi) is 8.96. The number of hydrogen-bond donors (Lipinski definition) is 2. The van der Waals surface area contributed by atoms with Crippen LogP contribution in [0.25, 0.3) is 0 Å². The quantitative estimate of drug-likeness (QED) is 0.338. The highest BCUT2D eigenvalue weighted by Gasteiger charge is 2.08. The summed E-state index contributed by atoms with van der Waals surface area (Å²) in [6, 6.07) is 7.40. The van der Waals surface area contributed by atoms with Gasteiger partial charge in [-0.3, -0.25) is 4.99 Å². The van der Waals surface area contributed by atoms with E-state index in [1.165, 1.54) is 45.9 Å². The highest BCUT2D eigenvalue weighted by Crippen LogP contribution is 2.09. The minimum absolute atomic E-state index is 0.314. The van der Waals surface area contributed by atoms with E-state index in [1.54, 1.807) is 19.2 Å². The first-order chi connectivity index (χ1) is 12.7. The molecule has 0 amide bonds. The van der Waals surface area contributed by atoms with Gasteiger partial charge in [-0.1, -0.05) is 25.0 Å². The molecule has 1 saturated heterocycles. The maximum atomic E-state index is 11.4. The van der Waals surface area contributed by atoms with Crippen molar-refractivity contribution in [2.75, 3.05) is 40.3 Å². The van der Waals surface area contributed by atoms with E-state index in [4.69, 9.17) is 4.74 Å². The molecule has 6 nitrogen and oxygen atoms in total. The van der Waals surface area contributed by atoms with Crippen LogP contribution < -0.4 is 10.6 Å². The summed E-state index contributed by atoms with van der Waals surface area (Å²) in [5, 5.41) is 6.68. The molecular formula is C20H32N4O2. The van der Waals surface area contributed by atoms with Gasteiger partial charge >= 0.3 is 5.97 Å². The fourth-order valence-corrected chi connectivity index (χ4v) is 3.15. The summed E-state index contributed by atoms with van der Waals surface area (Å²) in [4.78, 5) is 18.3. The summed E-state index contributed by atoms with van der Waals surface area (Å²) < 4.78 is 4.71. The Morgan fingerprint density at radius 1 is 1.12 bits per heavy atom. The molecule has 1 heterocycles. The number of hydrogen-bond acceptors (Lipinski definition) is 4. The van der Waals surface area contributed by atoms with Crippen LogP contribution in [0, 0.1) is 0 Å². The van der Waals surface area contributed by atoms with Gasteiger partial charge in [0.1, 0.15) is 0 Å². The molecule has 0 atom stereocenters. The molecule has 0 aromatic heterocycles. The van der Waals surface area contributed by atoms with Gasteiger partial charge in [0.05, 0.1) is 12.7 Å². The molecule has 1 aliphatic rings. The Balaban J connectivity index is 1.66. The standard InChI is InChI=1S/C20H32N4O2/c1-21-20(22-12-7-15-24-13-5-3-4-6-14-24)23-16-17-8-10-18(11-9-17)19(25)26-2/h8-11H,3-7,12-16H2,1-2H3,(H2,21,22,23). The second-order valence-electron chi connectivity index (χ2n) is 6.65. The molecule has 0 bridgehead atoms. The van der Waals surface area contributed by atoms with Crippen molar-refractivity contribution in [2.24, 2.45) is 4.99 Å². The van der Waals surface area contributed by atoms with Crippen LogP contribution >= 0.6 is 0 Å². The van der Waals surface area contributed by atoms with Crippen LogP contribution in [0.3, 0.4) is 0 Å². The van der Waals surface area contributed by atoms with Crippen LogP contribution in [-0.4, -0.2) is 57.2 Å². The Hall–Kier alpha value is -2.08. The Bertz CT molecular complexity index is 564. The van der Waals surface area contributed by atoms with Crippen LogP contribution in [-0.2, 0) is 11.3 Å². The summed E-state index contributed by atoms with van der Waals surface area (Å²) in [7, 11) is 3.17. The van der Waals surface area contributed by atoms with E-state index in [1.807, 2.05) is 12.1 Å². The Morgan fingerprint density at radius 2 is 1.81 bits per heavy atom. The summed E-state index contributed by atoms with van der Waals surface area (Å²) in [6.07, 6.45) is 6.56. The molecule has 0 radical (unpaired) electrons. The molecule has 2 rings (SSSR count). The first-order valence-electron chi connectivity index (χ1n) is 9.57. The van der Waals surface area contributed by atoms with Crippen LogP contribution in [0.5, 0.6) is 0 Å². The van der Waals surface area contributed by atoms with E-state index in [-0.39, 0.29) is 5.97 Å². The number of rotatable bonds is 7. The number of esters is 1. The minimum Gasteiger partial charge on any atom is -0.465 e. The Morgan fingerprint density at radius 3 is 2.42 bits per heavy atom. The van der Waals surface area contributed by atoms with Gasteiger partial charge in [0.2, 0.25) is 0 Å². The van der Waals surface area contributed by atoms with Crippen molar-refractivity contribution in [3.63, 3.8) is 0 Å². The topological polar surface area (TPSA) is 66.0 Å². The van der Waals surface area contributed by atoms with Gasteiger partial charge in [-0.25, -0.2) is 4.79 Å². The molecule has 1 aliphatic heterocycles. The molecule has 0 spiro atoms. The normalized spacial score (nSPS) is 16.0. The maximum Gasteiger partial charge on any atom is 0.337 e. The second-order valence-corrected chi connectivity index (χ2v) is 6.65. The number of carbonyl (C=O) groups is 1. The molecular weight excluding hydrogens is 328 g/mol. The molecule has 0 aliphatic carbocycles. The van der Waals surface area contributed by atoms with Crippen molar-refractivity contribution < 1.29 is 9.53 Å². The molecule has 144 valence electrons. The number of carbonyl (C=O) groups excluding carboxylic acids is 1. The maximum absolute atomic E-state index is 11.4. The first-order valence-corrected chi connectivity index (χ1v) is 9.57. The fraction of sp³-hybridized carbons (Fsp3) is 0.600. The first kappa shape index (κ1) is 20.2. The van der Waals surface area contributed by atoms with E-state index < -0.39 is 0 Å². The van der Waals surface area contributed by atoms with Crippen LogP contribution in [0.1, 0.15) is 48.0 Å². The zero-order valence-electron chi connectivity index (χ0n) is 16.1. The number of benzene rings is 1. The van der Waals surface area contributed by atoms with Crippen LogP contribution in [0.2, 0.25) is 0 Å². The van der Waals surface area contributed by atoms with Crippen molar-refractivity contribution in [3.05, 3.63) is 35.4 Å². The summed E-state index contributed by atoms with van der Waals surface area (Å²) >= 11 is 0. The molecule has 0 saturated carbocycles. The average Bonchev–Trinajstić information content (AvgIpc) is 2.96. The predicted molar refractivity (Wildman–Crippen MR) is 106 cm³/mol. The second kappa shape index (κ2) is 11.5. The lowest BCUT2D eigenvalue weighted by atomic mass is 10.1.